The summed E-state index contributed by atoms with van der Waals surface area (Å²) in [4.78, 5) is 24.6. The number of esters is 1. The molecule has 5 nitrogen and oxygen atoms in total. The summed E-state index contributed by atoms with van der Waals surface area (Å²) in [5.41, 5.74) is -0.152. The molecule has 22 heavy (non-hydrogen) atoms. The summed E-state index contributed by atoms with van der Waals surface area (Å²) >= 11 is 0. The average molecular weight is 313 g/mol. The second-order valence-electron chi connectivity index (χ2n) is 4.99. The number of carbonyl (C=O) groups is 2. The van der Waals surface area contributed by atoms with Crippen LogP contribution in [-0.2, 0) is 14.3 Å². The monoisotopic (exact) mass is 313 g/mol. The summed E-state index contributed by atoms with van der Waals surface area (Å²) in [5, 5.41) is 0. The van der Waals surface area contributed by atoms with Gasteiger partial charge in [-0.2, -0.15) is 0 Å². The van der Waals surface area contributed by atoms with Crippen molar-refractivity contribution >= 4 is 11.9 Å². The van der Waals surface area contributed by atoms with Crippen LogP contribution in [0.4, 0.5) is 8.78 Å². The Balaban J connectivity index is 2.15. The van der Waals surface area contributed by atoms with Crippen molar-refractivity contribution in [1.29, 1.82) is 0 Å². The molecule has 2 rings (SSSR count). The van der Waals surface area contributed by atoms with Crippen molar-refractivity contribution in [2.75, 3.05) is 26.8 Å². The van der Waals surface area contributed by atoms with E-state index in [1.807, 2.05) is 0 Å². The summed E-state index contributed by atoms with van der Waals surface area (Å²) in [5.74, 6) is -2.93. The SMILES string of the molecule is CCOC(=O)CN1C[C@@H](c2c(F)cc(OC)cc2F)CC1=O. The summed E-state index contributed by atoms with van der Waals surface area (Å²) in [6.07, 6.45) is -0.0421. The fourth-order valence-corrected chi connectivity index (χ4v) is 2.55. The third-order valence-electron chi connectivity index (χ3n) is 3.54. The highest BCUT2D eigenvalue weighted by Gasteiger charge is 2.35. The molecule has 1 aliphatic heterocycles. The van der Waals surface area contributed by atoms with Gasteiger partial charge in [0.25, 0.3) is 0 Å². The second-order valence-corrected chi connectivity index (χ2v) is 4.99. The highest BCUT2D eigenvalue weighted by atomic mass is 19.1. The van der Waals surface area contributed by atoms with E-state index in [9.17, 15) is 18.4 Å². The number of carbonyl (C=O) groups excluding carboxylic acids is 2. The van der Waals surface area contributed by atoms with Crippen LogP contribution in [0, 0.1) is 11.6 Å². The van der Waals surface area contributed by atoms with E-state index in [-0.39, 0.29) is 43.3 Å². The molecule has 1 aromatic rings. The molecule has 1 amide bonds. The topological polar surface area (TPSA) is 55.8 Å². The van der Waals surface area contributed by atoms with E-state index in [4.69, 9.17) is 9.47 Å². The van der Waals surface area contributed by atoms with Gasteiger partial charge in [-0.25, -0.2) is 8.78 Å². The van der Waals surface area contributed by atoms with E-state index >= 15 is 0 Å². The van der Waals surface area contributed by atoms with Crippen molar-refractivity contribution in [2.45, 2.75) is 19.3 Å². The molecule has 0 spiro atoms. The third kappa shape index (κ3) is 3.35. The molecule has 7 heteroatoms. The molecule has 0 bridgehead atoms. The number of halogens is 2. The van der Waals surface area contributed by atoms with Gasteiger partial charge in [-0.15, -0.1) is 0 Å². The van der Waals surface area contributed by atoms with E-state index in [1.54, 1.807) is 6.92 Å². The summed E-state index contributed by atoms with van der Waals surface area (Å²) in [6.45, 7) is 1.75. The van der Waals surface area contributed by atoms with Crippen LogP contribution in [0.15, 0.2) is 12.1 Å². The van der Waals surface area contributed by atoms with E-state index in [1.165, 1.54) is 12.0 Å². The number of nitrogens with zero attached hydrogens (tertiary/aromatic N) is 1. The second kappa shape index (κ2) is 6.72. The minimum Gasteiger partial charge on any atom is -0.497 e. The highest BCUT2D eigenvalue weighted by Crippen LogP contribution is 2.33. The van der Waals surface area contributed by atoms with Crippen LogP contribution >= 0.6 is 0 Å². The number of ether oxygens (including phenoxy) is 2. The molecule has 0 aromatic heterocycles. The fourth-order valence-electron chi connectivity index (χ4n) is 2.55. The van der Waals surface area contributed by atoms with Gasteiger partial charge < -0.3 is 14.4 Å². The van der Waals surface area contributed by atoms with Crippen LogP contribution in [0.1, 0.15) is 24.8 Å². The molecular formula is C15H17F2NO4. The largest absolute Gasteiger partial charge is 0.497 e. The lowest BCUT2D eigenvalue weighted by Gasteiger charge is -2.16. The van der Waals surface area contributed by atoms with E-state index in [2.05, 4.69) is 0 Å². The molecule has 1 fully saturated rings. The first-order chi connectivity index (χ1) is 10.5. The predicted octanol–water partition coefficient (Wildman–Crippen LogP) is 1.85. The quantitative estimate of drug-likeness (QED) is 0.779. The summed E-state index contributed by atoms with van der Waals surface area (Å²) < 4.78 is 37.7. The van der Waals surface area contributed by atoms with Crippen LogP contribution in [0.3, 0.4) is 0 Å². The lowest BCUT2D eigenvalue weighted by molar-refractivity contribution is -0.147. The number of amides is 1. The van der Waals surface area contributed by atoms with Gasteiger partial charge >= 0.3 is 5.97 Å². The Kier molecular flexibility index (Phi) is 4.95. The van der Waals surface area contributed by atoms with Crippen LogP contribution < -0.4 is 4.74 Å². The molecule has 1 aliphatic rings. The van der Waals surface area contributed by atoms with Gasteiger partial charge in [0.05, 0.1) is 13.7 Å². The first-order valence-electron chi connectivity index (χ1n) is 6.92. The summed E-state index contributed by atoms with van der Waals surface area (Å²) in [7, 11) is 1.31. The van der Waals surface area contributed by atoms with Gasteiger partial charge in [0.2, 0.25) is 5.91 Å². The van der Waals surface area contributed by atoms with Gasteiger partial charge in [0, 0.05) is 36.6 Å². The Bertz CT molecular complexity index is 568. The Hall–Kier alpha value is -2.18. The maximum atomic E-state index is 14.0. The van der Waals surface area contributed by atoms with Crippen LogP contribution in [-0.4, -0.2) is 43.6 Å². The molecule has 0 radical (unpaired) electrons. The number of hydrogen-bond donors (Lipinski definition) is 0. The van der Waals surface area contributed by atoms with Crippen LogP contribution in [0.25, 0.3) is 0 Å². The maximum Gasteiger partial charge on any atom is 0.325 e. The molecular weight excluding hydrogens is 296 g/mol. The van der Waals surface area contributed by atoms with E-state index < -0.39 is 23.5 Å². The van der Waals surface area contributed by atoms with Gasteiger partial charge in [0.15, 0.2) is 0 Å². The Morgan fingerprint density at radius 1 is 1.36 bits per heavy atom. The molecule has 0 N–H and O–H groups in total. The molecule has 1 saturated heterocycles. The number of likely N-dealkylation sites (tertiary alicyclic amines) is 1. The molecule has 120 valence electrons. The van der Waals surface area contributed by atoms with Crippen molar-refractivity contribution < 1.29 is 27.8 Å². The van der Waals surface area contributed by atoms with Gasteiger partial charge in [-0.1, -0.05) is 0 Å². The summed E-state index contributed by atoms with van der Waals surface area (Å²) in [6, 6.07) is 2.16. The van der Waals surface area contributed by atoms with E-state index in [0.29, 0.717) is 0 Å². The minimum absolute atomic E-state index is 0.0421. The zero-order chi connectivity index (χ0) is 16.3. The molecule has 0 unspecified atom stereocenters. The molecule has 1 aromatic carbocycles. The van der Waals surface area contributed by atoms with Crippen molar-refractivity contribution in [3.63, 3.8) is 0 Å². The molecule has 1 atom stereocenters. The zero-order valence-electron chi connectivity index (χ0n) is 12.4. The number of benzene rings is 1. The van der Waals surface area contributed by atoms with Gasteiger partial charge in [0.1, 0.15) is 23.9 Å². The van der Waals surface area contributed by atoms with Crippen molar-refractivity contribution in [1.82, 2.24) is 4.90 Å². The number of hydrogen-bond acceptors (Lipinski definition) is 4. The Morgan fingerprint density at radius 2 is 2.00 bits per heavy atom. The lowest BCUT2D eigenvalue weighted by Crippen LogP contribution is -2.32. The third-order valence-corrected chi connectivity index (χ3v) is 3.54. The lowest BCUT2D eigenvalue weighted by atomic mass is 9.97. The minimum atomic E-state index is -0.757. The van der Waals surface area contributed by atoms with Gasteiger partial charge in [-0.05, 0) is 6.92 Å². The van der Waals surface area contributed by atoms with Gasteiger partial charge in [-0.3, -0.25) is 9.59 Å². The van der Waals surface area contributed by atoms with Crippen molar-refractivity contribution in [2.24, 2.45) is 0 Å². The fraction of sp³-hybridized carbons (Fsp3) is 0.467. The number of rotatable bonds is 5. The molecule has 0 aliphatic carbocycles. The normalized spacial score (nSPS) is 17.7. The smallest absolute Gasteiger partial charge is 0.325 e. The van der Waals surface area contributed by atoms with Crippen LogP contribution in [0.5, 0.6) is 5.75 Å². The predicted molar refractivity (Wildman–Crippen MR) is 73.5 cm³/mol. The first-order valence-corrected chi connectivity index (χ1v) is 6.92. The molecule has 0 saturated carbocycles. The zero-order valence-corrected chi connectivity index (χ0v) is 12.4. The number of methoxy groups -OCH3 is 1. The maximum absolute atomic E-state index is 14.0. The van der Waals surface area contributed by atoms with E-state index in [0.717, 1.165) is 12.1 Å². The highest BCUT2D eigenvalue weighted by molar-refractivity contribution is 5.84. The molecule has 1 heterocycles. The average Bonchev–Trinajstić information content (AvgIpc) is 2.79. The Morgan fingerprint density at radius 3 is 2.55 bits per heavy atom. The first kappa shape index (κ1) is 16.2. The Labute approximate surface area is 126 Å². The standard InChI is InChI=1S/C15H17F2NO4/c1-3-22-14(20)8-18-7-9(4-13(18)19)15-11(16)5-10(21-2)6-12(15)17/h5-6,9H,3-4,7-8H2,1-2H3/t9-/m0/s1. The van der Waals surface area contributed by atoms with Crippen molar-refractivity contribution in [3.05, 3.63) is 29.3 Å². The van der Waals surface area contributed by atoms with Crippen molar-refractivity contribution in [3.8, 4) is 5.75 Å². The van der Waals surface area contributed by atoms with Crippen LogP contribution in [0.2, 0.25) is 0 Å².